The van der Waals surface area contributed by atoms with Crippen molar-refractivity contribution in [2.45, 2.75) is 42.0 Å². The molecule has 4 aliphatic rings. The van der Waals surface area contributed by atoms with Gasteiger partial charge in [0.1, 0.15) is 18.2 Å². The van der Waals surface area contributed by atoms with Crippen molar-refractivity contribution in [3.8, 4) is 0 Å². The first-order valence-electron chi connectivity index (χ1n) is 12.7. The zero-order valence-corrected chi connectivity index (χ0v) is 21.1. The topological polar surface area (TPSA) is 118 Å². The van der Waals surface area contributed by atoms with Crippen LogP contribution in [0.4, 0.5) is 0 Å². The van der Waals surface area contributed by atoms with Gasteiger partial charge in [-0.05, 0) is 31.4 Å². The molecule has 0 aliphatic carbocycles. The minimum atomic E-state index is -0.935. The molecule has 1 spiro atoms. The lowest BCUT2D eigenvalue weighted by atomic mass is 9.78. The average molecular weight is 524 g/mol. The minimum Gasteiger partial charge on any atom is -0.465 e. The Bertz CT molecular complexity index is 1290. The number of amides is 2. The number of esters is 1. The van der Waals surface area contributed by atoms with Gasteiger partial charge >= 0.3 is 5.97 Å². The van der Waals surface area contributed by atoms with E-state index in [1.54, 1.807) is 9.58 Å². The Morgan fingerprint density at radius 2 is 2.00 bits per heavy atom. The fourth-order valence-corrected chi connectivity index (χ4v) is 8.12. The van der Waals surface area contributed by atoms with Crippen LogP contribution in [0.1, 0.15) is 19.3 Å². The molecule has 10 nitrogen and oxygen atoms in total. The van der Waals surface area contributed by atoms with Gasteiger partial charge in [-0.1, -0.05) is 41.7 Å². The number of rotatable bonds is 4. The first-order valence-corrected chi connectivity index (χ1v) is 13.6. The van der Waals surface area contributed by atoms with Crippen molar-refractivity contribution in [2.24, 2.45) is 11.8 Å². The van der Waals surface area contributed by atoms with E-state index in [1.165, 1.54) is 16.7 Å². The highest BCUT2D eigenvalue weighted by Gasteiger charge is 2.70. The molecule has 2 fully saturated rings. The second-order valence-electron chi connectivity index (χ2n) is 9.87. The van der Waals surface area contributed by atoms with Gasteiger partial charge in [-0.25, -0.2) is 4.68 Å². The summed E-state index contributed by atoms with van der Waals surface area (Å²) in [5.41, 5.74) is 1.54. The Kier molecular flexibility index (Phi) is 6.28. The molecule has 4 aliphatic heterocycles. The number of para-hydroxylation sites is 1. The zero-order chi connectivity index (χ0) is 25.6. The molecule has 1 aromatic heterocycles. The van der Waals surface area contributed by atoms with Crippen molar-refractivity contribution < 1.29 is 24.2 Å². The second kappa shape index (κ2) is 9.60. The number of carbonyl (C=O) groups excluding carboxylic acids is 3. The van der Waals surface area contributed by atoms with E-state index in [9.17, 15) is 19.5 Å². The van der Waals surface area contributed by atoms with E-state index < -0.39 is 22.6 Å². The summed E-state index contributed by atoms with van der Waals surface area (Å²) in [6.07, 6.45) is 10.5. The highest BCUT2D eigenvalue weighted by molar-refractivity contribution is 8.02. The monoisotopic (exact) mass is 523 g/mol. The van der Waals surface area contributed by atoms with Gasteiger partial charge in [0.15, 0.2) is 0 Å². The Balaban J connectivity index is 1.39. The Morgan fingerprint density at radius 3 is 2.86 bits per heavy atom. The SMILES string of the molecule is O=C1OCCCC/C=C\[C@H]2S[C@]34C=CCN(Cn5nnc6ccccc65)C(=O)C3N(CCO)C(=O)[C@@H]4[C@@H]12. The second-order valence-corrected chi connectivity index (χ2v) is 11.4. The Morgan fingerprint density at radius 1 is 1.14 bits per heavy atom. The number of aliphatic hydroxyl groups is 1. The molecule has 37 heavy (non-hydrogen) atoms. The molecule has 5 atom stereocenters. The maximum atomic E-state index is 14.2. The number of allylic oxidation sites excluding steroid dienone is 1. The molecule has 1 N–H and O–H groups in total. The standard InChI is InChI=1S/C26H29N5O5S/c32-14-13-30-22-24(34)29(16-31-18-9-5-4-8-17(18)27-28-31)12-7-11-26(22)21(23(30)33)20-19(37-26)10-3-1-2-6-15-36-25(20)35/h3-5,7-11,19-22,32H,1-2,6,12-16H2/b10-3-/t19-,20+,21+,22?,26+/m1/s1. The van der Waals surface area contributed by atoms with Gasteiger partial charge in [0.2, 0.25) is 11.8 Å². The van der Waals surface area contributed by atoms with Crippen molar-refractivity contribution in [1.82, 2.24) is 24.8 Å². The number of aromatic nitrogens is 3. The molecule has 6 rings (SSSR count). The van der Waals surface area contributed by atoms with Gasteiger partial charge in [-0.15, -0.1) is 16.9 Å². The van der Waals surface area contributed by atoms with Gasteiger partial charge < -0.3 is 19.6 Å². The predicted molar refractivity (Wildman–Crippen MR) is 136 cm³/mol. The summed E-state index contributed by atoms with van der Waals surface area (Å²) < 4.78 is 6.34. The number of hydrogen-bond donors (Lipinski definition) is 1. The number of carbonyl (C=O) groups is 3. The third kappa shape index (κ3) is 3.86. The highest BCUT2D eigenvalue weighted by Crippen LogP contribution is 2.60. The average Bonchev–Trinajstić information content (AvgIpc) is 3.48. The molecular formula is C26H29N5O5S. The van der Waals surface area contributed by atoms with Crippen LogP contribution in [-0.2, 0) is 25.8 Å². The normalized spacial score (nSPS) is 32.6. The molecule has 194 valence electrons. The van der Waals surface area contributed by atoms with E-state index >= 15 is 0 Å². The Hall–Kier alpha value is -3.18. The number of likely N-dealkylation sites (tertiary alicyclic amines) is 1. The van der Waals surface area contributed by atoms with Gasteiger partial charge in [0, 0.05) is 18.3 Å². The summed E-state index contributed by atoms with van der Waals surface area (Å²) in [4.78, 5) is 44.5. The molecule has 2 aromatic rings. The van der Waals surface area contributed by atoms with E-state index in [0.717, 1.165) is 30.3 Å². The van der Waals surface area contributed by atoms with E-state index in [2.05, 4.69) is 16.4 Å². The minimum absolute atomic E-state index is 0.0181. The lowest BCUT2D eigenvalue weighted by molar-refractivity contribution is -0.153. The molecule has 1 aromatic carbocycles. The number of fused-ring (bicyclic) bond motifs is 3. The van der Waals surface area contributed by atoms with Crippen LogP contribution in [0.5, 0.6) is 0 Å². The molecule has 0 radical (unpaired) electrons. The van der Waals surface area contributed by atoms with Crippen molar-refractivity contribution in [3.05, 3.63) is 48.6 Å². The molecule has 0 bridgehead atoms. The van der Waals surface area contributed by atoms with E-state index in [0.29, 0.717) is 13.2 Å². The van der Waals surface area contributed by atoms with E-state index in [1.807, 2.05) is 42.5 Å². The van der Waals surface area contributed by atoms with Crippen molar-refractivity contribution >= 4 is 40.6 Å². The van der Waals surface area contributed by atoms with Crippen molar-refractivity contribution in [3.63, 3.8) is 0 Å². The maximum absolute atomic E-state index is 14.2. The van der Waals surface area contributed by atoms with Crippen LogP contribution in [0, 0.1) is 11.8 Å². The summed E-state index contributed by atoms with van der Waals surface area (Å²) in [5, 5.41) is 18.0. The molecular weight excluding hydrogens is 494 g/mol. The summed E-state index contributed by atoms with van der Waals surface area (Å²) in [5.74, 6) is -2.35. The van der Waals surface area contributed by atoms with Gasteiger partial charge in [0.25, 0.3) is 0 Å². The quantitative estimate of drug-likeness (QED) is 0.472. The number of benzene rings is 1. The summed E-state index contributed by atoms with van der Waals surface area (Å²) >= 11 is 1.50. The number of cyclic esters (lactones) is 1. The lowest BCUT2D eigenvalue weighted by Gasteiger charge is -2.34. The lowest BCUT2D eigenvalue weighted by Crippen LogP contribution is -2.53. The molecule has 2 saturated heterocycles. The summed E-state index contributed by atoms with van der Waals surface area (Å²) in [6, 6.07) is 6.68. The third-order valence-electron chi connectivity index (χ3n) is 7.75. The predicted octanol–water partition coefficient (Wildman–Crippen LogP) is 1.36. The third-order valence-corrected chi connectivity index (χ3v) is 9.49. The van der Waals surface area contributed by atoms with Crippen molar-refractivity contribution in [2.75, 3.05) is 26.3 Å². The largest absolute Gasteiger partial charge is 0.465 e. The number of nitrogens with zero attached hydrogens (tertiary/aromatic N) is 5. The van der Waals surface area contributed by atoms with Crippen molar-refractivity contribution in [1.29, 1.82) is 0 Å². The fourth-order valence-electron chi connectivity index (χ4n) is 6.12. The first-order chi connectivity index (χ1) is 18.0. The van der Waals surface area contributed by atoms with E-state index in [-0.39, 0.29) is 42.9 Å². The highest BCUT2D eigenvalue weighted by atomic mass is 32.2. The summed E-state index contributed by atoms with van der Waals surface area (Å²) in [7, 11) is 0. The van der Waals surface area contributed by atoms with Crippen LogP contribution in [0.3, 0.4) is 0 Å². The first kappa shape index (κ1) is 24.2. The van der Waals surface area contributed by atoms with Crippen LogP contribution >= 0.6 is 11.8 Å². The number of β-amino-alcohol motifs (C(OH)–C–C–N with tert-alkyl or cyclic N) is 1. The number of hydrogen-bond acceptors (Lipinski definition) is 8. The smallest absolute Gasteiger partial charge is 0.311 e. The van der Waals surface area contributed by atoms with Crippen LogP contribution in [0.2, 0.25) is 0 Å². The van der Waals surface area contributed by atoms with Crippen LogP contribution < -0.4 is 0 Å². The number of aliphatic hydroxyl groups excluding tert-OH is 1. The van der Waals surface area contributed by atoms with Crippen LogP contribution in [-0.4, -0.2) is 90.0 Å². The molecule has 5 heterocycles. The number of ether oxygens (including phenoxy) is 1. The van der Waals surface area contributed by atoms with Gasteiger partial charge in [-0.2, -0.15) is 0 Å². The Labute approximate surface area is 218 Å². The van der Waals surface area contributed by atoms with Gasteiger partial charge in [-0.3, -0.25) is 14.4 Å². The van der Waals surface area contributed by atoms with Crippen LogP contribution in [0.15, 0.2) is 48.6 Å². The zero-order valence-electron chi connectivity index (χ0n) is 20.3. The maximum Gasteiger partial charge on any atom is 0.311 e. The van der Waals surface area contributed by atoms with E-state index in [4.69, 9.17) is 4.74 Å². The van der Waals surface area contributed by atoms with Gasteiger partial charge in [0.05, 0.1) is 35.3 Å². The molecule has 0 saturated carbocycles. The molecule has 11 heteroatoms. The molecule has 2 amide bonds. The summed E-state index contributed by atoms with van der Waals surface area (Å²) in [6.45, 7) is 0.562. The van der Waals surface area contributed by atoms with Crippen LogP contribution in [0.25, 0.3) is 11.0 Å². The fraction of sp³-hybridized carbons (Fsp3) is 0.500. The molecule has 1 unspecified atom stereocenters. The number of thioether (sulfide) groups is 1.